The zero-order valence-corrected chi connectivity index (χ0v) is 14.9. The van der Waals surface area contributed by atoms with Crippen LogP contribution in [0.25, 0.3) is 0 Å². The number of hydrogen-bond donors (Lipinski definition) is 2. The van der Waals surface area contributed by atoms with Crippen LogP contribution in [0, 0.1) is 0 Å². The van der Waals surface area contributed by atoms with Crippen molar-refractivity contribution in [1.29, 1.82) is 0 Å². The molecule has 0 bridgehead atoms. The molecule has 1 rings (SSSR count). The number of hydrogen-bond acceptors (Lipinski definition) is 4. The van der Waals surface area contributed by atoms with Crippen LogP contribution in [0.3, 0.4) is 0 Å². The summed E-state index contributed by atoms with van der Waals surface area (Å²) in [5.74, 6) is 0.319. The van der Waals surface area contributed by atoms with Crippen molar-refractivity contribution < 1.29 is 14.3 Å². The molecule has 2 N–H and O–H groups in total. The maximum absolute atomic E-state index is 11.8. The number of rotatable bonds is 9. The highest BCUT2D eigenvalue weighted by atomic mass is 35.5. The number of amides is 1. The minimum Gasteiger partial charge on any atom is -0.481 e. The number of methoxy groups -OCH3 is 1. The Hall–Kier alpha value is -0.720. The molecule has 0 saturated carbocycles. The van der Waals surface area contributed by atoms with Gasteiger partial charge in [-0.1, -0.05) is 23.2 Å². The molecule has 1 unspecified atom stereocenters. The molecular weight excluding hydrogens is 351 g/mol. The highest BCUT2D eigenvalue weighted by Crippen LogP contribution is 2.26. The van der Waals surface area contributed by atoms with Crippen molar-refractivity contribution in [3.63, 3.8) is 0 Å². The van der Waals surface area contributed by atoms with Gasteiger partial charge < -0.3 is 20.1 Å². The quantitative estimate of drug-likeness (QED) is 0.655. The number of carbonyl (C=O) groups is 1. The molecule has 0 aliphatic rings. The van der Waals surface area contributed by atoms with Crippen molar-refractivity contribution in [3.8, 4) is 5.75 Å². The molecule has 0 aliphatic carbocycles. The summed E-state index contributed by atoms with van der Waals surface area (Å²) < 4.78 is 10.4. The number of halogens is 3. The molecule has 1 aromatic carbocycles. The molecular formula is C14H21Cl3N2O3. The average molecular weight is 372 g/mol. The first-order valence-corrected chi connectivity index (χ1v) is 7.39. The van der Waals surface area contributed by atoms with E-state index in [0.29, 0.717) is 35.5 Å². The van der Waals surface area contributed by atoms with Crippen LogP contribution >= 0.6 is 35.6 Å². The third kappa shape index (κ3) is 8.06. The van der Waals surface area contributed by atoms with Gasteiger partial charge in [-0.25, -0.2) is 0 Å². The Morgan fingerprint density at radius 3 is 2.59 bits per heavy atom. The molecule has 0 aromatic heterocycles. The lowest BCUT2D eigenvalue weighted by atomic mass is 10.3. The third-order valence-corrected chi connectivity index (χ3v) is 3.40. The predicted molar refractivity (Wildman–Crippen MR) is 91.6 cm³/mol. The van der Waals surface area contributed by atoms with Crippen LogP contribution in [0.2, 0.25) is 10.0 Å². The summed E-state index contributed by atoms with van der Waals surface area (Å²) in [6, 6.07) is 4.88. The second-order valence-corrected chi connectivity index (χ2v) is 5.18. The van der Waals surface area contributed by atoms with E-state index in [-0.39, 0.29) is 18.3 Å². The molecule has 5 nitrogen and oxygen atoms in total. The SMILES string of the molecule is COCCNCCNC(=O)C(C)Oc1ccc(Cl)c(Cl)c1.Cl. The Morgan fingerprint density at radius 2 is 1.95 bits per heavy atom. The van der Waals surface area contributed by atoms with E-state index in [2.05, 4.69) is 10.6 Å². The molecule has 0 fully saturated rings. The average Bonchev–Trinajstić information content (AvgIpc) is 2.46. The lowest BCUT2D eigenvalue weighted by Gasteiger charge is -2.15. The third-order valence-electron chi connectivity index (χ3n) is 2.66. The largest absolute Gasteiger partial charge is 0.481 e. The Kier molecular flexibility index (Phi) is 11.4. The highest BCUT2D eigenvalue weighted by Gasteiger charge is 2.14. The zero-order valence-electron chi connectivity index (χ0n) is 12.5. The van der Waals surface area contributed by atoms with E-state index in [9.17, 15) is 4.79 Å². The molecule has 126 valence electrons. The minimum atomic E-state index is -0.610. The van der Waals surface area contributed by atoms with Gasteiger partial charge in [0, 0.05) is 32.8 Å². The van der Waals surface area contributed by atoms with Gasteiger partial charge in [0.15, 0.2) is 6.10 Å². The first kappa shape index (κ1) is 21.3. The van der Waals surface area contributed by atoms with Gasteiger partial charge in [0.25, 0.3) is 5.91 Å². The van der Waals surface area contributed by atoms with Gasteiger partial charge in [-0.2, -0.15) is 0 Å². The van der Waals surface area contributed by atoms with Crippen molar-refractivity contribution in [3.05, 3.63) is 28.2 Å². The molecule has 0 saturated heterocycles. The molecule has 1 amide bonds. The Bertz CT molecular complexity index is 461. The molecule has 8 heteroatoms. The summed E-state index contributed by atoms with van der Waals surface area (Å²) >= 11 is 11.7. The number of benzene rings is 1. The van der Waals surface area contributed by atoms with E-state index in [0.717, 1.165) is 6.54 Å². The molecule has 0 heterocycles. The van der Waals surface area contributed by atoms with Crippen molar-refractivity contribution in [2.75, 3.05) is 33.4 Å². The van der Waals surface area contributed by atoms with Gasteiger partial charge in [-0.05, 0) is 19.1 Å². The summed E-state index contributed by atoms with van der Waals surface area (Å²) in [6.45, 7) is 4.27. The van der Waals surface area contributed by atoms with Gasteiger partial charge in [0.05, 0.1) is 16.7 Å². The van der Waals surface area contributed by atoms with Gasteiger partial charge in [-0.15, -0.1) is 12.4 Å². The fraction of sp³-hybridized carbons (Fsp3) is 0.500. The lowest BCUT2D eigenvalue weighted by Crippen LogP contribution is -2.40. The van der Waals surface area contributed by atoms with Gasteiger partial charge in [-0.3, -0.25) is 4.79 Å². The lowest BCUT2D eigenvalue weighted by molar-refractivity contribution is -0.127. The van der Waals surface area contributed by atoms with Crippen molar-refractivity contribution >= 4 is 41.5 Å². The van der Waals surface area contributed by atoms with Crippen LogP contribution in [0.4, 0.5) is 0 Å². The summed E-state index contributed by atoms with van der Waals surface area (Å²) in [5, 5.41) is 6.75. The van der Waals surface area contributed by atoms with Crippen molar-refractivity contribution in [2.24, 2.45) is 0 Å². The second-order valence-electron chi connectivity index (χ2n) is 4.37. The van der Waals surface area contributed by atoms with E-state index < -0.39 is 6.10 Å². The summed E-state index contributed by atoms with van der Waals surface area (Å²) in [7, 11) is 1.64. The van der Waals surface area contributed by atoms with E-state index in [1.807, 2.05) is 0 Å². The maximum atomic E-state index is 11.8. The second kappa shape index (κ2) is 11.8. The Morgan fingerprint density at radius 1 is 1.23 bits per heavy atom. The molecule has 1 aromatic rings. The van der Waals surface area contributed by atoms with Crippen LogP contribution < -0.4 is 15.4 Å². The topological polar surface area (TPSA) is 59.6 Å². The monoisotopic (exact) mass is 370 g/mol. The Balaban J connectivity index is 0.00000441. The van der Waals surface area contributed by atoms with Gasteiger partial charge in [0.1, 0.15) is 5.75 Å². The van der Waals surface area contributed by atoms with E-state index in [4.69, 9.17) is 32.7 Å². The summed E-state index contributed by atoms with van der Waals surface area (Å²) in [5.41, 5.74) is 0. The van der Waals surface area contributed by atoms with Gasteiger partial charge in [0.2, 0.25) is 0 Å². The molecule has 0 aliphatic heterocycles. The van der Waals surface area contributed by atoms with Crippen LogP contribution in [-0.2, 0) is 9.53 Å². The fourth-order valence-electron chi connectivity index (χ4n) is 1.52. The van der Waals surface area contributed by atoms with Crippen molar-refractivity contribution in [2.45, 2.75) is 13.0 Å². The Labute approximate surface area is 147 Å². The molecule has 0 radical (unpaired) electrons. The van der Waals surface area contributed by atoms with E-state index in [1.54, 1.807) is 32.2 Å². The smallest absolute Gasteiger partial charge is 0.260 e. The fourth-order valence-corrected chi connectivity index (χ4v) is 1.81. The number of nitrogens with one attached hydrogen (secondary N) is 2. The highest BCUT2D eigenvalue weighted by molar-refractivity contribution is 6.42. The minimum absolute atomic E-state index is 0. The summed E-state index contributed by atoms with van der Waals surface area (Å²) in [4.78, 5) is 11.8. The first-order valence-electron chi connectivity index (χ1n) is 6.63. The summed E-state index contributed by atoms with van der Waals surface area (Å²) in [6.07, 6.45) is -0.610. The normalized spacial score (nSPS) is 11.5. The maximum Gasteiger partial charge on any atom is 0.260 e. The number of ether oxygens (including phenoxy) is 2. The molecule has 0 spiro atoms. The standard InChI is InChI=1S/C14H20Cl2N2O3.ClH/c1-10(14(19)18-6-5-17-7-8-20-2)21-11-3-4-12(15)13(16)9-11;/h3-4,9-10,17H,5-8H2,1-2H3,(H,18,19);1H. The first-order chi connectivity index (χ1) is 10.0. The molecule has 22 heavy (non-hydrogen) atoms. The zero-order chi connectivity index (χ0) is 15.7. The van der Waals surface area contributed by atoms with Crippen LogP contribution in [0.15, 0.2) is 18.2 Å². The predicted octanol–water partition coefficient (Wildman–Crippen LogP) is 2.53. The van der Waals surface area contributed by atoms with Crippen LogP contribution in [0.1, 0.15) is 6.92 Å². The van der Waals surface area contributed by atoms with Gasteiger partial charge >= 0.3 is 0 Å². The van der Waals surface area contributed by atoms with Crippen LogP contribution in [0.5, 0.6) is 5.75 Å². The number of carbonyl (C=O) groups excluding carboxylic acids is 1. The van der Waals surface area contributed by atoms with Crippen LogP contribution in [-0.4, -0.2) is 45.4 Å². The van der Waals surface area contributed by atoms with E-state index >= 15 is 0 Å². The molecule has 1 atom stereocenters. The van der Waals surface area contributed by atoms with Crippen molar-refractivity contribution in [1.82, 2.24) is 10.6 Å². The van der Waals surface area contributed by atoms with E-state index in [1.165, 1.54) is 0 Å².